The van der Waals surface area contributed by atoms with Crippen molar-refractivity contribution in [2.75, 3.05) is 26.7 Å². The molecule has 1 aliphatic heterocycles. The molecule has 1 heterocycles. The molecule has 0 radical (unpaired) electrons. The van der Waals surface area contributed by atoms with E-state index in [9.17, 15) is 14.4 Å². The van der Waals surface area contributed by atoms with Gasteiger partial charge in [-0.2, -0.15) is 0 Å². The average molecular weight is 459 g/mol. The SMILES string of the molecule is COc1ccc(C(=O)C2CCN(C(=O)CNC(=O)c3ccccc3Br)CC2)cc1. The second kappa shape index (κ2) is 9.69. The first kappa shape index (κ1) is 21.0. The molecule has 1 aliphatic rings. The fraction of sp³-hybridized carbons (Fsp3) is 0.318. The predicted octanol–water partition coefficient (Wildman–Crippen LogP) is 3.31. The maximum absolute atomic E-state index is 12.7. The number of carbonyl (C=O) groups excluding carboxylic acids is 3. The standard InChI is InChI=1S/C22H23BrN2O4/c1-29-17-8-6-15(7-9-17)21(27)16-10-12-25(13-11-16)20(26)14-24-22(28)18-4-2-3-5-19(18)23/h2-9,16H,10-14H2,1H3,(H,24,28). The Balaban J connectivity index is 1.48. The number of methoxy groups -OCH3 is 1. The number of nitrogens with zero attached hydrogens (tertiary/aromatic N) is 1. The summed E-state index contributed by atoms with van der Waals surface area (Å²) in [5, 5.41) is 2.67. The van der Waals surface area contributed by atoms with Gasteiger partial charge in [0.25, 0.3) is 5.91 Å². The zero-order valence-corrected chi connectivity index (χ0v) is 17.8. The first-order valence-corrected chi connectivity index (χ1v) is 10.3. The van der Waals surface area contributed by atoms with Crippen molar-refractivity contribution in [2.24, 2.45) is 5.92 Å². The van der Waals surface area contributed by atoms with Crippen LogP contribution in [0.25, 0.3) is 0 Å². The summed E-state index contributed by atoms with van der Waals surface area (Å²) >= 11 is 3.33. The first-order chi connectivity index (χ1) is 14.0. The molecule has 7 heteroatoms. The Morgan fingerprint density at radius 1 is 1.07 bits per heavy atom. The van der Waals surface area contributed by atoms with Gasteiger partial charge in [0.1, 0.15) is 5.75 Å². The molecule has 1 N–H and O–H groups in total. The van der Waals surface area contributed by atoms with Crippen molar-refractivity contribution in [3.63, 3.8) is 0 Å². The Hall–Kier alpha value is -2.67. The summed E-state index contributed by atoms with van der Waals surface area (Å²) in [5.74, 6) is 0.284. The van der Waals surface area contributed by atoms with E-state index in [0.29, 0.717) is 47.3 Å². The van der Waals surface area contributed by atoms with E-state index in [1.54, 1.807) is 54.5 Å². The van der Waals surface area contributed by atoms with Crippen molar-refractivity contribution in [1.29, 1.82) is 0 Å². The molecular weight excluding hydrogens is 436 g/mol. The molecule has 1 fully saturated rings. The molecule has 3 rings (SSSR count). The fourth-order valence-corrected chi connectivity index (χ4v) is 3.86. The molecule has 0 spiro atoms. The number of amides is 2. The number of piperidine rings is 1. The van der Waals surface area contributed by atoms with Crippen LogP contribution < -0.4 is 10.1 Å². The number of likely N-dealkylation sites (tertiary alicyclic amines) is 1. The molecule has 2 amide bonds. The third kappa shape index (κ3) is 5.23. The van der Waals surface area contributed by atoms with E-state index in [0.717, 1.165) is 0 Å². The van der Waals surface area contributed by atoms with Crippen LogP contribution in [-0.2, 0) is 4.79 Å². The number of nitrogens with one attached hydrogen (secondary N) is 1. The smallest absolute Gasteiger partial charge is 0.252 e. The van der Waals surface area contributed by atoms with Gasteiger partial charge in [0.05, 0.1) is 19.2 Å². The lowest BCUT2D eigenvalue weighted by Gasteiger charge is -2.31. The van der Waals surface area contributed by atoms with Gasteiger partial charge >= 0.3 is 0 Å². The van der Waals surface area contributed by atoms with Crippen LogP contribution in [0.3, 0.4) is 0 Å². The largest absolute Gasteiger partial charge is 0.497 e. The van der Waals surface area contributed by atoms with E-state index in [1.165, 1.54) is 0 Å². The molecule has 29 heavy (non-hydrogen) atoms. The highest BCUT2D eigenvalue weighted by Gasteiger charge is 2.28. The van der Waals surface area contributed by atoms with Crippen molar-refractivity contribution >= 4 is 33.5 Å². The second-order valence-corrected chi connectivity index (χ2v) is 7.76. The minimum Gasteiger partial charge on any atom is -0.497 e. The van der Waals surface area contributed by atoms with E-state index in [4.69, 9.17) is 4.74 Å². The van der Waals surface area contributed by atoms with Gasteiger partial charge in [-0.3, -0.25) is 14.4 Å². The lowest BCUT2D eigenvalue weighted by atomic mass is 9.89. The molecule has 2 aromatic rings. The van der Waals surface area contributed by atoms with Crippen LogP contribution in [0.2, 0.25) is 0 Å². The van der Waals surface area contributed by atoms with Crippen molar-refractivity contribution in [3.8, 4) is 5.75 Å². The highest BCUT2D eigenvalue weighted by Crippen LogP contribution is 2.23. The number of benzene rings is 2. The number of rotatable bonds is 6. The fourth-order valence-electron chi connectivity index (χ4n) is 3.39. The summed E-state index contributed by atoms with van der Waals surface area (Å²) in [6, 6.07) is 14.2. The van der Waals surface area contributed by atoms with Crippen molar-refractivity contribution in [3.05, 3.63) is 64.1 Å². The Bertz CT molecular complexity index is 890. The van der Waals surface area contributed by atoms with Crippen LogP contribution in [0.15, 0.2) is 53.0 Å². The van der Waals surface area contributed by atoms with Crippen molar-refractivity contribution in [2.45, 2.75) is 12.8 Å². The van der Waals surface area contributed by atoms with Crippen molar-refractivity contribution < 1.29 is 19.1 Å². The number of hydrogen-bond donors (Lipinski definition) is 1. The van der Waals surface area contributed by atoms with Crippen LogP contribution in [0.4, 0.5) is 0 Å². The molecule has 0 saturated carbocycles. The van der Waals surface area contributed by atoms with Gasteiger partial charge < -0.3 is 15.0 Å². The number of Topliss-reactive ketones (excluding diaryl/α,β-unsaturated/α-hetero) is 1. The van der Waals surface area contributed by atoms with Gasteiger partial charge in [-0.15, -0.1) is 0 Å². The summed E-state index contributed by atoms with van der Waals surface area (Å²) in [6.07, 6.45) is 1.24. The Morgan fingerprint density at radius 3 is 2.34 bits per heavy atom. The highest BCUT2D eigenvalue weighted by molar-refractivity contribution is 9.10. The molecule has 2 aromatic carbocycles. The van der Waals surface area contributed by atoms with Gasteiger partial charge in [-0.1, -0.05) is 12.1 Å². The summed E-state index contributed by atoms with van der Waals surface area (Å²) in [6.45, 7) is 0.962. The molecule has 0 atom stereocenters. The van der Waals surface area contributed by atoms with E-state index in [2.05, 4.69) is 21.2 Å². The molecule has 0 aliphatic carbocycles. The zero-order valence-electron chi connectivity index (χ0n) is 16.2. The minimum atomic E-state index is -0.296. The van der Waals surface area contributed by atoms with Gasteiger partial charge in [-0.25, -0.2) is 0 Å². The molecule has 6 nitrogen and oxygen atoms in total. The van der Waals surface area contributed by atoms with Crippen LogP contribution in [0.5, 0.6) is 5.75 Å². The second-order valence-electron chi connectivity index (χ2n) is 6.91. The van der Waals surface area contributed by atoms with E-state index in [1.807, 2.05) is 6.07 Å². The summed E-state index contributed by atoms with van der Waals surface area (Å²) in [5.41, 5.74) is 1.15. The average Bonchev–Trinajstić information content (AvgIpc) is 2.77. The Morgan fingerprint density at radius 2 is 1.72 bits per heavy atom. The molecule has 0 aromatic heterocycles. The third-order valence-corrected chi connectivity index (χ3v) is 5.80. The maximum Gasteiger partial charge on any atom is 0.252 e. The van der Waals surface area contributed by atoms with Crippen LogP contribution in [0, 0.1) is 5.92 Å². The number of halogens is 1. The molecule has 0 unspecified atom stereocenters. The molecular formula is C22H23BrN2O4. The van der Waals surface area contributed by atoms with Gasteiger partial charge in [0, 0.05) is 29.0 Å². The quantitative estimate of drug-likeness (QED) is 0.673. The van der Waals surface area contributed by atoms with Crippen LogP contribution in [0.1, 0.15) is 33.6 Å². The summed E-state index contributed by atoms with van der Waals surface area (Å²) < 4.78 is 5.80. The van der Waals surface area contributed by atoms with Crippen molar-refractivity contribution in [1.82, 2.24) is 10.2 Å². The lowest BCUT2D eigenvalue weighted by Crippen LogP contribution is -2.45. The molecule has 152 valence electrons. The van der Waals surface area contributed by atoms with E-state index >= 15 is 0 Å². The maximum atomic E-state index is 12.7. The normalized spacial score (nSPS) is 14.3. The summed E-state index contributed by atoms with van der Waals surface area (Å²) in [4.78, 5) is 39.0. The molecule has 0 bridgehead atoms. The zero-order chi connectivity index (χ0) is 20.8. The third-order valence-electron chi connectivity index (χ3n) is 5.11. The highest BCUT2D eigenvalue weighted by atomic mass is 79.9. The minimum absolute atomic E-state index is 0.0583. The molecule has 1 saturated heterocycles. The van der Waals surface area contributed by atoms with E-state index < -0.39 is 0 Å². The number of hydrogen-bond acceptors (Lipinski definition) is 4. The summed E-state index contributed by atoms with van der Waals surface area (Å²) in [7, 11) is 1.59. The lowest BCUT2D eigenvalue weighted by molar-refractivity contribution is -0.131. The van der Waals surface area contributed by atoms with Crippen LogP contribution >= 0.6 is 15.9 Å². The van der Waals surface area contributed by atoms with Gasteiger partial charge in [-0.05, 0) is 65.2 Å². The van der Waals surface area contributed by atoms with Gasteiger partial charge in [0.15, 0.2) is 5.78 Å². The van der Waals surface area contributed by atoms with E-state index in [-0.39, 0.29) is 30.1 Å². The number of ether oxygens (including phenoxy) is 1. The number of ketones is 1. The predicted molar refractivity (Wildman–Crippen MR) is 113 cm³/mol. The topological polar surface area (TPSA) is 75.7 Å². The van der Waals surface area contributed by atoms with Crippen LogP contribution in [-0.4, -0.2) is 49.2 Å². The Kier molecular flexibility index (Phi) is 7.04. The first-order valence-electron chi connectivity index (χ1n) is 9.48. The monoisotopic (exact) mass is 458 g/mol. The Labute approximate surface area is 178 Å². The number of carbonyl (C=O) groups is 3. The van der Waals surface area contributed by atoms with Gasteiger partial charge in [0.2, 0.25) is 5.91 Å².